The van der Waals surface area contributed by atoms with Crippen molar-refractivity contribution in [3.63, 3.8) is 0 Å². The van der Waals surface area contributed by atoms with Crippen LogP contribution in [-0.2, 0) is 6.54 Å². The lowest BCUT2D eigenvalue weighted by molar-refractivity contribution is 0.190. The highest BCUT2D eigenvalue weighted by molar-refractivity contribution is 5.77. The quantitative estimate of drug-likeness (QED) is 0.878. The summed E-state index contributed by atoms with van der Waals surface area (Å²) >= 11 is 0. The first kappa shape index (κ1) is 13.3. The molecule has 1 fully saturated rings. The molecule has 2 heterocycles. The molecule has 5 heteroatoms. The molecule has 2 aromatic rings. The van der Waals surface area contributed by atoms with Gasteiger partial charge in [-0.15, -0.1) is 0 Å². The van der Waals surface area contributed by atoms with Crippen LogP contribution in [0.15, 0.2) is 29.1 Å². The third kappa shape index (κ3) is 2.73. The van der Waals surface area contributed by atoms with Gasteiger partial charge in [0.1, 0.15) is 5.82 Å². The summed E-state index contributed by atoms with van der Waals surface area (Å²) in [4.78, 5) is 21.8. The van der Waals surface area contributed by atoms with Crippen LogP contribution < -0.4 is 10.9 Å². The largest absolute Gasteiger partial charge is 0.317 e. The number of benzene rings is 1. The predicted octanol–water partition coefficient (Wildman–Crippen LogP) is 1.11. The lowest BCUT2D eigenvalue weighted by Gasteiger charge is -2.31. The number of rotatable bonds is 3. The van der Waals surface area contributed by atoms with E-state index in [-0.39, 0.29) is 5.56 Å². The number of fused-ring (bicyclic) bond motifs is 1. The second-order valence-electron chi connectivity index (χ2n) is 5.37. The van der Waals surface area contributed by atoms with Gasteiger partial charge in [0, 0.05) is 19.1 Å². The molecule has 0 spiro atoms. The first-order valence-electron chi connectivity index (χ1n) is 7.14. The molecule has 0 radical (unpaired) electrons. The van der Waals surface area contributed by atoms with E-state index in [0.29, 0.717) is 11.4 Å². The van der Waals surface area contributed by atoms with Crippen molar-refractivity contribution in [2.24, 2.45) is 0 Å². The normalized spacial score (nSPS) is 17.6. The summed E-state index contributed by atoms with van der Waals surface area (Å²) in [5.74, 6) is 0.761. The molecule has 0 atom stereocenters. The molecule has 1 saturated heterocycles. The zero-order chi connectivity index (χ0) is 13.9. The Kier molecular flexibility index (Phi) is 3.80. The van der Waals surface area contributed by atoms with Crippen molar-refractivity contribution in [3.8, 4) is 0 Å². The van der Waals surface area contributed by atoms with Gasteiger partial charge < -0.3 is 10.3 Å². The summed E-state index contributed by atoms with van der Waals surface area (Å²) < 4.78 is 0. The second kappa shape index (κ2) is 5.73. The molecule has 2 N–H and O–H groups in total. The minimum atomic E-state index is -0.0456. The number of likely N-dealkylation sites (tertiary alicyclic amines) is 1. The first-order chi connectivity index (χ1) is 9.76. The van der Waals surface area contributed by atoms with Gasteiger partial charge in [-0.3, -0.25) is 9.69 Å². The number of piperidine rings is 1. The van der Waals surface area contributed by atoms with Gasteiger partial charge in [0.25, 0.3) is 5.56 Å². The van der Waals surface area contributed by atoms with Gasteiger partial charge in [-0.25, -0.2) is 4.98 Å². The third-order valence-corrected chi connectivity index (χ3v) is 4.03. The van der Waals surface area contributed by atoms with Crippen molar-refractivity contribution < 1.29 is 0 Å². The van der Waals surface area contributed by atoms with E-state index in [4.69, 9.17) is 0 Å². The van der Waals surface area contributed by atoms with Crippen LogP contribution in [0, 0.1) is 0 Å². The number of H-pyrrole nitrogens is 1. The lowest BCUT2D eigenvalue weighted by atomic mass is 10.1. The Morgan fingerprint density at radius 2 is 2.10 bits per heavy atom. The van der Waals surface area contributed by atoms with E-state index >= 15 is 0 Å². The fourth-order valence-corrected chi connectivity index (χ4v) is 2.80. The average Bonchev–Trinajstić information content (AvgIpc) is 2.48. The molecular weight excluding hydrogens is 252 g/mol. The van der Waals surface area contributed by atoms with Crippen LogP contribution in [0.5, 0.6) is 0 Å². The summed E-state index contributed by atoms with van der Waals surface area (Å²) in [6.45, 7) is 2.81. The van der Waals surface area contributed by atoms with E-state index in [1.54, 1.807) is 0 Å². The number of nitrogens with zero attached hydrogens (tertiary/aromatic N) is 2. The Morgan fingerprint density at radius 3 is 2.85 bits per heavy atom. The minimum Gasteiger partial charge on any atom is -0.317 e. The highest BCUT2D eigenvalue weighted by atomic mass is 16.1. The Morgan fingerprint density at radius 1 is 1.35 bits per heavy atom. The lowest BCUT2D eigenvalue weighted by Crippen LogP contribution is -2.41. The van der Waals surface area contributed by atoms with Crippen LogP contribution in [0.3, 0.4) is 0 Å². The fourth-order valence-electron chi connectivity index (χ4n) is 2.80. The molecule has 1 aromatic heterocycles. The van der Waals surface area contributed by atoms with Crippen molar-refractivity contribution in [3.05, 3.63) is 40.4 Å². The van der Waals surface area contributed by atoms with Crippen LogP contribution in [0.2, 0.25) is 0 Å². The molecule has 0 aliphatic carbocycles. The number of aromatic amines is 1. The van der Waals surface area contributed by atoms with E-state index in [1.807, 2.05) is 31.3 Å². The summed E-state index contributed by atoms with van der Waals surface area (Å²) in [5.41, 5.74) is 0.729. The standard InChI is InChI=1S/C15H20N4O/c1-16-11-6-8-19(9-7-11)10-14-17-13-5-3-2-4-12(13)15(20)18-14/h2-5,11,16H,6-10H2,1H3,(H,17,18,20). The number of hydrogen-bond donors (Lipinski definition) is 2. The van der Waals surface area contributed by atoms with E-state index in [2.05, 4.69) is 20.2 Å². The molecule has 106 valence electrons. The predicted molar refractivity (Wildman–Crippen MR) is 79.7 cm³/mol. The van der Waals surface area contributed by atoms with E-state index in [9.17, 15) is 4.79 Å². The summed E-state index contributed by atoms with van der Waals surface area (Å²) in [5, 5.41) is 3.98. The van der Waals surface area contributed by atoms with Crippen LogP contribution >= 0.6 is 0 Å². The van der Waals surface area contributed by atoms with E-state index < -0.39 is 0 Å². The van der Waals surface area contributed by atoms with Gasteiger partial charge in [0.2, 0.25) is 0 Å². The van der Waals surface area contributed by atoms with Crippen LogP contribution in [0.4, 0.5) is 0 Å². The van der Waals surface area contributed by atoms with Crippen molar-refractivity contribution in [2.45, 2.75) is 25.4 Å². The molecule has 0 amide bonds. The first-order valence-corrected chi connectivity index (χ1v) is 7.14. The third-order valence-electron chi connectivity index (χ3n) is 4.03. The van der Waals surface area contributed by atoms with Crippen molar-refractivity contribution in [1.29, 1.82) is 0 Å². The van der Waals surface area contributed by atoms with Crippen LogP contribution in [-0.4, -0.2) is 41.0 Å². The second-order valence-corrected chi connectivity index (χ2v) is 5.37. The Hall–Kier alpha value is -1.72. The maximum absolute atomic E-state index is 12.0. The van der Waals surface area contributed by atoms with Gasteiger partial charge in [-0.2, -0.15) is 0 Å². The van der Waals surface area contributed by atoms with Gasteiger partial charge in [0.05, 0.1) is 17.4 Å². The Labute approximate surface area is 118 Å². The van der Waals surface area contributed by atoms with Gasteiger partial charge in [-0.05, 0) is 32.0 Å². The van der Waals surface area contributed by atoms with Gasteiger partial charge in [-0.1, -0.05) is 12.1 Å². The molecule has 1 aromatic carbocycles. The molecule has 0 bridgehead atoms. The van der Waals surface area contributed by atoms with E-state index in [1.165, 1.54) is 0 Å². The highest BCUT2D eigenvalue weighted by Gasteiger charge is 2.18. The number of hydrogen-bond acceptors (Lipinski definition) is 4. The van der Waals surface area contributed by atoms with Crippen LogP contribution in [0.1, 0.15) is 18.7 Å². The summed E-state index contributed by atoms with van der Waals surface area (Å²) in [6, 6.07) is 8.10. The monoisotopic (exact) mass is 272 g/mol. The smallest absolute Gasteiger partial charge is 0.258 e. The van der Waals surface area contributed by atoms with Crippen molar-refractivity contribution in [2.75, 3.05) is 20.1 Å². The molecule has 1 aliphatic rings. The summed E-state index contributed by atoms with van der Waals surface area (Å²) in [6.07, 6.45) is 2.29. The topological polar surface area (TPSA) is 61.0 Å². The van der Waals surface area contributed by atoms with Crippen molar-refractivity contribution >= 4 is 10.9 Å². The Bertz CT molecular complexity index is 644. The van der Waals surface area contributed by atoms with Gasteiger partial charge >= 0.3 is 0 Å². The molecular formula is C15H20N4O. The molecule has 0 saturated carbocycles. The molecule has 1 aliphatic heterocycles. The number of nitrogens with one attached hydrogen (secondary N) is 2. The molecule has 0 unspecified atom stereocenters. The van der Waals surface area contributed by atoms with Crippen LogP contribution in [0.25, 0.3) is 10.9 Å². The Balaban J connectivity index is 1.77. The number of para-hydroxylation sites is 1. The number of aromatic nitrogens is 2. The van der Waals surface area contributed by atoms with E-state index in [0.717, 1.165) is 43.8 Å². The van der Waals surface area contributed by atoms with Gasteiger partial charge in [0.15, 0.2) is 0 Å². The molecule has 3 rings (SSSR count). The maximum atomic E-state index is 12.0. The van der Waals surface area contributed by atoms with Crippen molar-refractivity contribution in [1.82, 2.24) is 20.2 Å². The highest BCUT2D eigenvalue weighted by Crippen LogP contribution is 2.12. The zero-order valence-electron chi connectivity index (χ0n) is 11.7. The average molecular weight is 272 g/mol. The zero-order valence-corrected chi connectivity index (χ0v) is 11.7. The summed E-state index contributed by atoms with van der Waals surface area (Å²) in [7, 11) is 2.02. The fraction of sp³-hybridized carbons (Fsp3) is 0.467. The molecule has 20 heavy (non-hydrogen) atoms. The molecule has 5 nitrogen and oxygen atoms in total. The SMILES string of the molecule is CNC1CCN(Cc2nc3ccccc3c(=O)[nH]2)CC1. The minimum absolute atomic E-state index is 0.0456. The maximum Gasteiger partial charge on any atom is 0.258 e.